The van der Waals surface area contributed by atoms with Gasteiger partial charge in [0.25, 0.3) is 0 Å². The van der Waals surface area contributed by atoms with Gasteiger partial charge in [0.05, 0.1) is 12.7 Å². The zero-order chi connectivity index (χ0) is 19.5. The fraction of sp³-hybridized carbons (Fsp3) is 0.476. The average molecular weight is 381 g/mol. The normalized spacial score (nSPS) is 22.1. The number of hydrogen-bond acceptors (Lipinski definition) is 4. The van der Waals surface area contributed by atoms with E-state index in [-0.39, 0.29) is 17.7 Å². The Kier molecular flexibility index (Phi) is 5.43. The van der Waals surface area contributed by atoms with Crippen molar-refractivity contribution in [3.05, 3.63) is 53.9 Å². The minimum Gasteiger partial charge on any atom is -0.351 e. The summed E-state index contributed by atoms with van der Waals surface area (Å²) in [5.74, 6) is 0.706. The van der Waals surface area contributed by atoms with Gasteiger partial charge in [-0.1, -0.05) is 30.3 Å². The van der Waals surface area contributed by atoms with Crippen LogP contribution in [-0.2, 0) is 23.2 Å². The predicted molar refractivity (Wildman–Crippen MR) is 105 cm³/mol. The number of carbonyl (C=O) groups is 2. The average Bonchev–Trinajstić information content (AvgIpc) is 3.40. The molecule has 1 saturated heterocycles. The summed E-state index contributed by atoms with van der Waals surface area (Å²) in [4.78, 5) is 29.0. The Morgan fingerprint density at radius 2 is 1.89 bits per heavy atom. The number of aryl methyl sites for hydroxylation is 1. The minimum atomic E-state index is 0.0301. The summed E-state index contributed by atoms with van der Waals surface area (Å²) in [5, 5.41) is 7.17. The summed E-state index contributed by atoms with van der Waals surface area (Å²) in [6.45, 7) is 3.82. The van der Waals surface area contributed by atoms with Crippen LogP contribution in [0.4, 0.5) is 0 Å². The Balaban J connectivity index is 1.18. The molecule has 2 aliphatic rings. The summed E-state index contributed by atoms with van der Waals surface area (Å²) in [6.07, 6.45) is 4.79. The molecule has 0 radical (unpaired) electrons. The van der Waals surface area contributed by atoms with Gasteiger partial charge in [0.15, 0.2) is 0 Å². The molecule has 7 heteroatoms. The van der Waals surface area contributed by atoms with Crippen molar-refractivity contribution in [1.82, 2.24) is 24.9 Å². The molecule has 148 valence electrons. The molecule has 7 nitrogen and oxygen atoms in total. The maximum atomic E-state index is 12.7. The van der Waals surface area contributed by atoms with Gasteiger partial charge in [0.1, 0.15) is 0 Å². The molecule has 28 heavy (non-hydrogen) atoms. The molecule has 1 aromatic carbocycles. The van der Waals surface area contributed by atoms with Crippen LogP contribution in [0.2, 0.25) is 0 Å². The molecule has 2 heterocycles. The molecule has 2 atom stereocenters. The van der Waals surface area contributed by atoms with Crippen LogP contribution in [-0.4, -0.2) is 64.1 Å². The van der Waals surface area contributed by atoms with Crippen molar-refractivity contribution in [2.45, 2.75) is 18.9 Å². The predicted octanol–water partition coefficient (Wildman–Crippen LogP) is 0.984. The summed E-state index contributed by atoms with van der Waals surface area (Å²) in [5.41, 5.74) is 2.26. The van der Waals surface area contributed by atoms with Gasteiger partial charge in [0.2, 0.25) is 11.8 Å². The van der Waals surface area contributed by atoms with Crippen LogP contribution in [0.25, 0.3) is 0 Å². The van der Waals surface area contributed by atoms with E-state index < -0.39 is 0 Å². The summed E-state index contributed by atoms with van der Waals surface area (Å²) in [7, 11) is 1.90. The molecular weight excluding hydrogens is 354 g/mol. The first-order valence-electron chi connectivity index (χ1n) is 9.90. The number of rotatable bonds is 6. The summed E-state index contributed by atoms with van der Waals surface area (Å²) < 4.78 is 1.79. The standard InChI is InChI=1S/C21H27N5O2/c1-24-14-17(13-23-24)18-11-19(18)21(28)26-9-7-25(8-10-26)15-20(27)22-12-16-5-3-2-4-6-16/h2-6,13-14,18-19H,7-12,15H2,1H3,(H,22,27). The lowest BCUT2D eigenvalue weighted by Gasteiger charge is -2.34. The van der Waals surface area contributed by atoms with E-state index in [4.69, 9.17) is 0 Å². The maximum Gasteiger partial charge on any atom is 0.234 e. The number of benzene rings is 1. The molecule has 1 aliphatic carbocycles. The second-order valence-electron chi connectivity index (χ2n) is 7.76. The molecule has 2 fully saturated rings. The van der Waals surface area contributed by atoms with E-state index in [1.165, 1.54) is 0 Å². The zero-order valence-corrected chi connectivity index (χ0v) is 16.3. The lowest BCUT2D eigenvalue weighted by atomic mass is 10.1. The minimum absolute atomic E-state index is 0.0301. The van der Waals surface area contributed by atoms with Gasteiger partial charge in [-0.15, -0.1) is 0 Å². The highest BCUT2D eigenvalue weighted by Gasteiger charge is 2.46. The van der Waals surface area contributed by atoms with E-state index in [0.29, 0.717) is 32.1 Å². The number of nitrogens with zero attached hydrogens (tertiary/aromatic N) is 4. The van der Waals surface area contributed by atoms with E-state index in [1.807, 2.05) is 54.7 Å². The number of carbonyl (C=O) groups excluding carboxylic acids is 2. The van der Waals surface area contributed by atoms with Gasteiger partial charge in [0, 0.05) is 51.9 Å². The Morgan fingerprint density at radius 3 is 2.57 bits per heavy atom. The van der Waals surface area contributed by atoms with Crippen LogP contribution in [0.15, 0.2) is 42.7 Å². The third kappa shape index (κ3) is 4.42. The molecule has 1 aliphatic heterocycles. The van der Waals surface area contributed by atoms with E-state index in [0.717, 1.165) is 30.6 Å². The zero-order valence-electron chi connectivity index (χ0n) is 16.3. The molecule has 4 rings (SSSR count). The van der Waals surface area contributed by atoms with Crippen molar-refractivity contribution in [1.29, 1.82) is 0 Å². The molecule has 1 saturated carbocycles. The van der Waals surface area contributed by atoms with Gasteiger partial charge in [-0.2, -0.15) is 5.10 Å². The Labute approximate surface area is 165 Å². The first-order valence-corrected chi connectivity index (χ1v) is 9.90. The molecular formula is C21H27N5O2. The molecule has 1 N–H and O–H groups in total. The van der Waals surface area contributed by atoms with Crippen LogP contribution in [0, 0.1) is 5.92 Å². The monoisotopic (exact) mass is 381 g/mol. The quantitative estimate of drug-likeness (QED) is 0.810. The highest BCUT2D eigenvalue weighted by atomic mass is 16.2. The number of hydrogen-bond donors (Lipinski definition) is 1. The topological polar surface area (TPSA) is 70.5 Å². The third-order valence-corrected chi connectivity index (χ3v) is 5.64. The van der Waals surface area contributed by atoms with Crippen LogP contribution in [0.3, 0.4) is 0 Å². The van der Waals surface area contributed by atoms with Crippen molar-refractivity contribution in [2.24, 2.45) is 13.0 Å². The maximum absolute atomic E-state index is 12.7. The molecule has 0 spiro atoms. The van der Waals surface area contributed by atoms with Gasteiger partial charge >= 0.3 is 0 Å². The largest absolute Gasteiger partial charge is 0.351 e. The highest BCUT2D eigenvalue weighted by Crippen LogP contribution is 2.48. The fourth-order valence-electron chi connectivity index (χ4n) is 3.88. The van der Waals surface area contributed by atoms with E-state index in [1.54, 1.807) is 4.68 Å². The fourth-order valence-corrected chi connectivity index (χ4v) is 3.88. The lowest BCUT2D eigenvalue weighted by molar-refractivity contribution is -0.134. The SMILES string of the molecule is Cn1cc(C2CC2C(=O)N2CCN(CC(=O)NCc3ccccc3)CC2)cn1. The van der Waals surface area contributed by atoms with Gasteiger partial charge in [-0.25, -0.2) is 0 Å². The summed E-state index contributed by atoms with van der Waals surface area (Å²) in [6, 6.07) is 9.90. The second-order valence-corrected chi connectivity index (χ2v) is 7.76. The number of nitrogens with one attached hydrogen (secondary N) is 1. The highest BCUT2D eigenvalue weighted by molar-refractivity contribution is 5.83. The molecule has 1 aromatic heterocycles. The van der Waals surface area contributed by atoms with Crippen molar-refractivity contribution < 1.29 is 9.59 Å². The van der Waals surface area contributed by atoms with Crippen molar-refractivity contribution >= 4 is 11.8 Å². The van der Waals surface area contributed by atoms with Crippen LogP contribution in [0.5, 0.6) is 0 Å². The van der Waals surface area contributed by atoms with Crippen molar-refractivity contribution in [3.8, 4) is 0 Å². The smallest absolute Gasteiger partial charge is 0.234 e. The Hall–Kier alpha value is -2.67. The lowest BCUT2D eigenvalue weighted by Crippen LogP contribution is -2.51. The van der Waals surface area contributed by atoms with Crippen LogP contribution in [0.1, 0.15) is 23.5 Å². The molecule has 0 bridgehead atoms. The Bertz CT molecular complexity index is 826. The molecule has 2 aromatic rings. The van der Waals surface area contributed by atoms with Crippen molar-refractivity contribution in [2.75, 3.05) is 32.7 Å². The number of amides is 2. The van der Waals surface area contributed by atoms with Crippen LogP contribution < -0.4 is 5.32 Å². The molecule has 2 amide bonds. The van der Waals surface area contributed by atoms with E-state index in [2.05, 4.69) is 15.3 Å². The Morgan fingerprint density at radius 1 is 1.14 bits per heavy atom. The van der Waals surface area contributed by atoms with Gasteiger partial charge < -0.3 is 10.2 Å². The van der Waals surface area contributed by atoms with Gasteiger partial charge in [-0.3, -0.25) is 19.2 Å². The first kappa shape index (κ1) is 18.7. The number of piperazine rings is 1. The van der Waals surface area contributed by atoms with E-state index >= 15 is 0 Å². The van der Waals surface area contributed by atoms with Crippen LogP contribution >= 0.6 is 0 Å². The van der Waals surface area contributed by atoms with Crippen molar-refractivity contribution in [3.63, 3.8) is 0 Å². The molecule has 2 unspecified atom stereocenters. The van der Waals surface area contributed by atoms with E-state index in [9.17, 15) is 9.59 Å². The first-order chi connectivity index (χ1) is 13.6. The summed E-state index contributed by atoms with van der Waals surface area (Å²) >= 11 is 0. The second kappa shape index (κ2) is 8.14. The number of aromatic nitrogens is 2. The third-order valence-electron chi connectivity index (χ3n) is 5.64. The van der Waals surface area contributed by atoms with Gasteiger partial charge in [-0.05, 0) is 23.5 Å².